The van der Waals surface area contributed by atoms with Gasteiger partial charge in [0.15, 0.2) is 5.72 Å². The van der Waals surface area contributed by atoms with Crippen LogP contribution in [0.4, 0.5) is 5.82 Å². The number of aromatic nitrogens is 2. The molecule has 0 amide bonds. The molecule has 2 aromatic rings. The van der Waals surface area contributed by atoms with E-state index in [-0.39, 0.29) is 0 Å². The zero-order valence-electron chi connectivity index (χ0n) is 9.88. The molecule has 0 fully saturated rings. The highest BCUT2D eigenvalue weighted by molar-refractivity contribution is 5.40. The molecule has 0 saturated carbocycles. The van der Waals surface area contributed by atoms with Crippen LogP contribution in [0.5, 0.6) is 0 Å². The molecule has 0 aliphatic carbocycles. The van der Waals surface area contributed by atoms with E-state index in [1.807, 2.05) is 31.2 Å². The number of pyridine rings is 2. The largest absolute Gasteiger partial charge is 0.366 e. The number of aryl methyl sites for hydroxylation is 1. The lowest BCUT2D eigenvalue weighted by Gasteiger charge is -2.24. The van der Waals surface area contributed by atoms with Crippen molar-refractivity contribution >= 4 is 5.82 Å². The minimum Gasteiger partial charge on any atom is -0.366 e. The molecule has 2 aromatic heterocycles. The molecular weight excluding hydrogens is 214 g/mol. The molecule has 0 aliphatic rings. The average molecular weight is 229 g/mol. The third-order valence-electron chi connectivity index (χ3n) is 2.45. The maximum absolute atomic E-state index is 10.3. The zero-order chi connectivity index (χ0) is 12.3. The molecule has 17 heavy (non-hydrogen) atoms. The van der Waals surface area contributed by atoms with Crippen LogP contribution in [0.1, 0.15) is 18.2 Å². The van der Waals surface area contributed by atoms with Crippen molar-refractivity contribution in [2.45, 2.75) is 19.6 Å². The molecule has 2 rings (SSSR count). The van der Waals surface area contributed by atoms with Crippen LogP contribution >= 0.6 is 0 Å². The van der Waals surface area contributed by atoms with Gasteiger partial charge in [-0.1, -0.05) is 6.07 Å². The molecule has 2 heterocycles. The summed E-state index contributed by atoms with van der Waals surface area (Å²) >= 11 is 0. The smallest absolute Gasteiger partial charge is 0.177 e. The Hall–Kier alpha value is -1.94. The summed E-state index contributed by atoms with van der Waals surface area (Å²) in [6.07, 6.45) is 3.35. The lowest BCUT2D eigenvalue weighted by molar-refractivity contribution is 0.0835. The van der Waals surface area contributed by atoms with Gasteiger partial charge in [-0.2, -0.15) is 0 Å². The second kappa shape index (κ2) is 4.51. The molecule has 88 valence electrons. The van der Waals surface area contributed by atoms with Crippen molar-refractivity contribution in [3.8, 4) is 0 Å². The van der Waals surface area contributed by atoms with E-state index in [9.17, 15) is 5.11 Å². The van der Waals surface area contributed by atoms with Crippen LogP contribution in [0.25, 0.3) is 0 Å². The first kappa shape index (κ1) is 11.5. The number of aliphatic hydroxyl groups is 1. The molecule has 0 radical (unpaired) electrons. The number of rotatable bonds is 3. The monoisotopic (exact) mass is 229 g/mol. The van der Waals surface area contributed by atoms with Crippen LogP contribution in [0.3, 0.4) is 0 Å². The van der Waals surface area contributed by atoms with Crippen molar-refractivity contribution < 1.29 is 5.11 Å². The fourth-order valence-electron chi connectivity index (χ4n) is 1.57. The Morgan fingerprint density at radius 2 is 2.00 bits per heavy atom. The Balaban J connectivity index is 2.23. The standard InChI is InChI=1S/C13H15N3O/c1-10-6-8-15-12(9-10)16-13(2,17)11-5-3-4-7-14-11/h3-9,17H,1-2H3,(H,15,16). The van der Waals surface area contributed by atoms with E-state index in [4.69, 9.17) is 0 Å². The first-order chi connectivity index (χ1) is 8.08. The minimum atomic E-state index is -1.23. The van der Waals surface area contributed by atoms with Gasteiger partial charge in [-0.25, -0.2) is 4.98 Å². The van der Waals surface area contributed by atoms with E-state index in [0.717, 1.165) is 5.56 Å². The van der Waals surface area contributed by atoms with E-state index in [0.29, 0.717) is 11.5 Å². The number of anilines is 1. The third-order valence-corrected chi connectivity index (χ3v) is 2.45. The van der Waals surface area contributed by atoms with Crippen molar-refractivity contribution in [1.29, 1.82) is 0 Å². The van der Waals surface area contributed by atoms with E-state index in [2.05, 4.69) is 15.3 Å². The molecule has 0 spiro atoms. The number of hydrogen-bond acceptors (Lipinski definition) is 4. The second-order valence-electron chi connectivity index (χ2n) is 4.13. The van der Waals surface area contributed by atoms with Crippen molar-refractivity contribution in [3.05, 3.63) is 54.0 Å². The minimum absolute atomic E-state index is 0.559. The van der Waals surface area contributed by atoms with Crippen LogP contribution < -0.4 is 5.32 Å². The highest BCUT2D eigenvalue weighted by Gasteiger charge is 2.24. The molecule has 1 atom stereocenters. The summed E-state index contributed by atoms with van der Waals surface area (Å²) in [5.74, 6) is 0.626. The zero-order valence-corrected chi connectivity index (χ0v) is 9.88. The van der Waals surface area contributed by atoms with Gasteiger partial charge < -0.3 is 10.4 Å². The summed E-state index contributed by atoms with van der Waals surface area (Å²) in [4.78, 5) is 8.28. The van der Waals surface area contributed by atoms with E-state index in [1.54, 1.807) is 25.4 Å². The summed E-state index contributed by atoms with van der Waals surface area (Å²) in [6, 6.07) is 9.19. The van der Waals surface area contributed by atoms with Crippen LogP contribution in [0.15, 0.2) is 42.7 Å². The van der Waals surface area contributed by atoms with Crippen molar-refractivity contribution in [3.63, 3.8) is 0 Å². The highest BCUT2D eigenvalue weighted by atomic mass is 16.3. The topological polar surface area (TPSA) is 58.0 Å². The van der Waals surface area contributed by atoms with Gasteiger partial charge in [-0.15, -0.1) is 0 Å². The Kier molecular flexibility index (Phi) is 3.06. The molecule has 0 saturated heterocycles. The second-order valence-corrected chi connectivity index (χ2v) is 4.13. The molecule has 4 nitrogen and oxygen atoms in total. The molecule has 2 N–H and O–H groups in total. The lowest BCUT2D eigenvalue weighted by Crippen LogP contribution is -2.32. The summed E-state index contributed by atoms with van der Waals surface area (Å²) in [7, 11) is 0. The fourth-order valence-corrected chi connectivity index (χ4v) is 1.57. The number of hydrogen-bond donors (Lipinski definition) is 2. The fraction of sp³-hybridized carbons (Fsp3) is 0.231. The maximum atomic E-state index is 10.3. The molecule has 4 heteroatoms. The SMILES string of the molecule is Cc1ccnc(NC(C)(O)c2ccccn2)c1. The highest BCUT2D eigenvalue weighted by Crippen LogP contribution is 2.20. The maximum Gasteiger partial charge on any atom is 0.177 e. The average Bonchev–Trinajstić information content (AvgIpc) is 2.29. The van der Waals surface area contributed by atoms with Gasteiger partial charge in [0.25, 0.3) is 0 Å². The number of nitrogens with one attached hydrogen (secondary N) is 1. The quantitative estimate of drug-likeness (QED) is 0.791. The summed E-state index contributed by atoms with van der Waals surface area (Å²) < 4.78 is 0. The van der Waals surface area contributed by atoms with Gasteiger partial charge in [0, 0.05) is 12.4 Å². The Morgan fingerprint density at radius 1 is 1.18 bits per heavy atom. The first-order valence-corrected chi connectivity index (χ1v) is 5.43. The van der Waals surface area contributed by atoms with Gasteiger partial charge in [-0.3, -0.25) is 4.98 Å². The molecule has 0 bridgehead atoms. The van der Waals surface area contributed by atoms with E-state index < -0.39 is 5.72 Å². The summed E-state index contributed by atoms with van der Waals surface area (Å²) in [6.45, 7) is 3.63. The van der Waals surface area contributed by atoms with Crippen molar-refractivity contribution in [2.75, 3.05) is 5.32 Å². The van der Waals surface area contributed by atoms with Crippen molar-refractivity contribution in [1.82, 2.24) is 9.97 Å². The third kappa shape index (κ3) is 2.79. The van der Waals surface area contributed by atoms with Gasteiger partial charge in [0.05, 0.1) is 5.69 Å². The van der Waals surface area contributed by atoms with Crippen LogP contribution in [-0.4, -0.2) is 15.1 Å². The normalized spacial score (nSPS) is 14.1. The van der Waals surface area contributed by atoms with E-state index in [1.165, 1.54) is 0 Å². The molecule has 0 aliphatic heterocycles. The van der Waals surface area contributed by atoms with E-state index >= 15 is 0 Å². The van der Waals surface area contributed by atoms with Gasteiger partial charge >= 0.3 is 0 Å². The van der Waals surface area contributed by atoms with Gasteiger partial charge in [-0.05, 0) is 43.7 Å². The lowest BCUT2D eigenvalue weighted by atomic mass is 10.1. The predicted octanol–water partition coefficient (Wildman–Crippen LogP) is 2.06. The molecular formula is C13H15N3O. The first-order valence-electron chi connectivity index (χ1n) is 5.43. The van der Waals surface area contributed by atoms with Gasteiger partial charge in [0.2, 0.25) is 0 Å². The Bertz CT molecular complexity index is 497. The molecule has 0 aromatic carbocycles. The Morgan fingerprint density at radius 3 is 2.65 bits per heavy atom. The number of nitrogens with zero attached hydrogens (tertiary/aromatic N) is 2. The molecule has 1 unspecified atom stereocenters. The predicted molar refractivity (Wildman–Crippen MR) is 66.4 cm³/mol. The van der Waals surface area contributed by atoms with Crippen LogP contribution in [0, 0.1) is 6.92 Å². The summed E-state index contributed by atoms with van der Waals surface area (Å²) in [5, 5.41) is 13.3. The summed E-state index contributed by atoms with van der Waals surface area (Å²) in [5.41, 5.74) is 0.407. The van der Waals surface area contributed by atoms with Crippen molar-refractivity contribution in [2.24, 2.45) is 0 Å². The Labute approximate surface area is 100 Å². The van der Waals surface area contributed by atoms with Crippen LogP contribution in [-0.2, 0) is 5.72 Å². The van der Waals surface area contributed by atoms with Gasteiger partial charge in [0.1, 0.15) is 5.82 Å². The van der Waals surface area contributed by atoms with Crippen LogP contribution in [0.2, 0.25) is 0 Å².